The van der Waals surface area contributed by atoms with Gasteiger partial charge in [0.1, 0.15) is 5.54 Å². The first-order chi connectivity index (χ1) is 12.0. The van der Waals surface area contributed by atoms with Gasteiger partial charge in [-0.2, -0.15) is 0 Å². The molecule has 1 amide bonds. The first kappa shape index (κ1) is 16.5. The molecule has 0 bridgehead atoms. The highest BCUT2D eigenvalue weighted by atomic mass is 32.1. The molecular formula is C19H21N3O2S. The van der Waals surface area contributed by atoms with Crippen molar-refractivity contribution >= 4 is 28.9 Å². The number of hydrogen-bond donors (Lipinski definition) is 1. The highest BCUT2D eigenvalue weighted by molar-refractivity contribution is 7.80. The number of rotatable bonds is 1. The maximum absolute atomic E-state index is 13.4. The lowest BCUT2D eigenvalue weighted by Crippen LogP contribution is -2.56. The van der Waals surface area contributed by atoms with Gasteiger partial charge >= 0.3 is 0 Å². The summed E-state index contributed by atoms with van der Waals surface area (Å²) in [6.07, 6.45) is 4.78. The number of amides is 1. The Hall–Kier alpha value is -1.97. The van der Waals surface area contributed by atoms with E-state index in [-0.39, 0.29) is 17.4 Å². The van der Waals surface area contributed by atoms with Gasteiger partial charge in [-0.05, 0) is 55.4 Å². The zero-order chi connectivity index (χ0) is 17.8. The highest BCUT2D eigenvalue weighted by Gasteiger charge is 2.66. The third kappa shape index (κ3) is 2.03. The van der Waals surface area contributed by atoms with Crippen LogP contribution < -0.4 is 5.32 Å². The van der Waals surface area contributed by atoms with Crippen LogP contribution in [0.15, 0.2) is 18.2 Å². The average Bonchev–Trinajstić information content (AvgIpc) is 3.03. The molecule has 0 aromatic heterocycles. The Balaban J connectivity index is 1.88. The van der Waals surface area contributed by atoms with Crippen LogP contribution >= 0.6 is 12.2 Å². The van der Waals surface area contributed by atoms with Gasteiger partial charge in [-0.25, -0.2) is 4.85 Å². The fourth-order valence-corrected chi connectivity index (χ4v) is 5.27. The molecule has 0 radical (unpaired) electrons. The number of thiocarbonyl (C=S) groups is 1. The first-order valence-electron chi connectivity index (χ1n) is 8.61. The molecule has 3 aliphatic rings. The van der Waals surface area contributed by atoms with Crippen molar-refractivity contribution < 1.29 is 9.53 Å². The van der Waals surface area contributed by atoms with Crippen molar-refractivity contribution in [3.05, 3.63) is 40.7 Å². The van der Waals surface area contributed by atoms with E-state index in [2.05, 4.69) is 10.2 Å². The number of carbonyl (C=O) groups is 1. The standard InChI is InChI=1S/C19H21N3O2S/c1-20-13-5-4-12-11-18(8-6-14(24-3)7-9-18)19(15(12)10-13)16(23)22(2)17(25)21-19/h4-5,10,14H,6-9,11H2,2-3H3,(H,21,25). The highest BCUT2D eigenvalue weighted by Crippen LogP contribution is 2.60. The van der Waals surface area contributed by atoms with E-state index in [9.17, 15) is 4.79 Å². The van der Waals surface area contributed by atoms with Crippen molar-refractivity contribution in [1.82, 2.24) is 10.2 Å². The third-order valence-corrected chi connectivity index (χ3v) is 6.77. The van der Waals surface area contributed by atoms with E-state index in [1.54, 1.807) is 19.1 Å². The summed E-state index contributed by atoms with van der Waals surface area (Å²) in [6.45, 7) is 7.35. The second-order valence-electron chi connectivity index (χ2n) is 7.39. The minimum absolute atomic E-state index is 0.00856. The van der Waals surface area contributed by atoms with Gasteiger partial charge in [-0.3, -0.25) is 9.69 Å². The van der Waals surface area contributed by atoms with E-state index in [1.165, 1.54) is 0 Å². The number of methoxy groups -OCH3 is 1. The molecule has 1 aliphatic heterocycles. The Morgan fingerprint density at radius 1 is 1.40 bits per heavy atom. The molecule has 1 N–H and O–H groups in total. The number of hydrogen-bond acceptors (Lipinski definition) is 3. The molecule has 4 rings (SSSR count). The summed E-state index contributed by atoms with van der Waals surface area (Å²) >= 11 is 5.43. The van der Waals surface area contributed by atoms with Crippen LogP contribution in [0.5, 0.6) is 0 Å². The number of nitrogens with one attached hydrogen (secondary N) is 1. The summed E-state index contributed by atoms with van der Waals surface area (Å²) < 4.78 is 5.55. The van der Waals surface area contributed by atoms with E-state index in [0.717, 1.165) is 43.2 Å². The molecule has 5 nitrogen and oxygen atoms in total. The first-order valence-corrected chi connectivity index (χ1v) is 9.02. The van der Waals surface area contributed by atoms with Gasteiger partial charge in [0.25, 0.3) is 5.91 Å². The number of likely N-dealkylation sites (N-methyl/N-ethyl adjacent to an activating group) is 1. The van der Waals surface area contributed by atoms with Gasteiger partial charge in [-0.15, -0.1) is 0 Å². The molecule has 25 heavy (non-hydrogen) atoms. The summed E-state index contributed by atoms with van der Waals surface area (Å²) in [5.74, 6) is 0.00856. The lowest BCUT2D eigenvalue weighted by Gasteiger charge is -2.46. The van der Waals surface area contributed by atoms with Crippen LogP contribution in [0.4, 0.5) is 5.69 Å². The van der Waals surface area contributed by atoms with Crippen molar-refractivity contribution in [3.63, 3.8) is 0 Å². The van der Waals surface area contributed by atoms with E-state index in [1.807, 2.05) is 18.2 Å². The van der Waals surface area contributed by atoms with Crippen LogP contribution in [-0.4, -0.2) is 36.2 Å². The average molecular weight is 355 g/mol. The maximum atomic E-state index is 13.4. The molecule has 1 aromatic carbocycles. The molecule has 130 valence electrons. The molecular weight excluding hydrogens is 334 g/mol. The normalized spacial score (nSPS) is 33.6. The molecule has 1 atom stereocenters. The molecule has 1 saturated carbocycles. The topological polar surface area (TPSA) is 45.9 Å². The Morgan fingerprint density at radius 3 is 2.68 bits per heavy atom. The van der Waals surface area contributed by atoms with Crippen LogP contribution in [0.1, 0.15) is 36.8 Å². The lowest BCUT2D eigenvalue weighted by atomic mass is 9.61. The molecule has 1 heterocycles. The van der Waals surface area contributed by atoms with Crippen LogP contribution in [0.3, 0.4) is 0 Å². The van der Waals surface area contributed by atoms with Crippen LogP contribution in [0.25, 0.3) is 4.85 Å². The van der Waals surface area contributed by atoms with Gasteiger partial charge in [0.05, 0.1) is 12.7 Å². The second kappa shape index (κ2) is 5.52. The van der Waals surface area contributed by atoms with Crippen molar-refractivity contribution in [2.24, 2.45) is 5.41 Å². The van der Waals surface area contributed by atoms with E-state index in [0.29, 0.717) is 10.8 Å². The quantitative estimate of drug-likeness (QED) is 0.622. The number of benzene rings is 1. The number of nitrogens with zero attached hydrogens (tertiary/aromatic N) is 2. The second-order valence-corrected chi connectivity index (χ2v) is 7.78. The van der Waals surface area contributed by atoms with E-state index < -0.39 is 5.54 Å². The molecule has 6 heteroatoms. The Bertz CT molecular complexity index is 807. The fraction of sp³-hybridized carbons (Fsp3) is 0.526. The Kier molecular flexibility index (Phi) is 3.64. The zero-order valence-corrected chi connectivity index (χ0v) is 15.3. The molecule has 1 saturated heterocycles. The minimum Gasteiger partial charge on any atom is -0.381 e. The van der Waals surface area contributed by atoms with Crippen LogP contribution in [0.2, 0.25) is 0 Å². The van der Waals surface area contributed by atoms with Gasteiger partial charge in [0.2, 0.25) is 0 Å². The number of fused-ring (bicyclic) bond motifs is 3. The molecule has 2 aliphatic carbocycles. The summed E-state index contributed by atoms with van der Waals surface area (Å²) in [4.78, 5) is 18.5. The monoisotopic (exact) mass is 355 g/mol. The van der Waals surface area contributed by atoms with E-state index in [4.69, 9.17) is 23.5 Å². The fourth-order valence-electron chi connectivity index (χ4n) is 5.03. The van der Waals surface area contributed by atoms with Gasteiger partial charge < -0.3 is 10.1 Å². The third-order valence-electron chi connectivity index (χ3n) is 6.40. The van der Waals surface area contributed by atoms with E-state index >= 15 is 0 Å². The lowest BCUT2D eigenvalue weighted by molar-refractivity contribution is -0.137. The number of carbonyl (C=O) groups excluding carboxylic acids is 1. The Morgan fingerprint density at radius 2 is 2.12 bits per heavy atom. The molecule has 1 aromatic rings. The zero-order valence-electron chi connectivity index (χ0n) is 14.5. The van der Waals surface area contributed by atoms with Crippen molar-refractivity contribution in [2.45, 2.75) is 43.7 Å². The minimum atomic E-state index is -0.840. The van der Waals surface area contributed by atoms with Crippen LogP contribution in [0, 0.1) is 12.0 Å². The summed E-state index contributed by atoms with van der Waals surface area (Å²) in [7, 11) is 3.49. The van der Waals surface area contributed by atoms with Crippen molar-refractivity contribution in [2.75, 3.05) is 14.2 Å². The SMILES string of the molecule is [C-]#[N+]c1ccc2c(c1)C1(NC(=S)N(C)C1=O)C1(CCC(OC)CC1)C2. The molecule has 2 spiro atoms. The smallest absolute Gasteiger partial charge is 0.259 e. The van der Waals surface area contributed by atoms with Crippen LogP contribution in [-0.2, 0) is 21.5 Å². The predicted octanol–water partition coefficient (Wildman–Crippen LogP) is 2.91. The summed E-state index contributed by atoms with van der Waals surface area (Å²) in [5.41, 5.74) is 1.61. The van der Waals surface area contributed by atoms with Crippen molar-refractivity contribution in [3.8, 4) is 0 Å². The molecule has 1 unspecified atom stereocenters. The van der Waals surface area contributed by atoms with Gasteiger partial charge in [-0.1, -0.05) is 18.2 Å². The largest absolute Gasteiger partial charge is 0.381 e. The predicted molar refractivity (Wildman–Crippen MR) is 98.3 cm³/mol. The maximum Gasteiger partial charge on any atom is 0.259 e. The summed E-state index contributed by atoms with van der Waals surface area (Å²) in [6, 6.07) is 5.74. The van der Waals surface area contributed by atoms with Gasteiger partial charge in [0.15, 0.2) is 10.8 Å². The Labute approximate surface area is 153 Å². The van der Waals surface area contributed by atoms with Crippen molar-refractivity contribution in [1.29, 1.82) is 0 Å². The number of ether oxygens (including phenoxy) is 1. The molecule has 2 fully saturated rings. The van der Waals surface area contributed by atoms with Gasteiger partial charge in [0, 0.05) is 19.6 Å². The summed E-state index contributed by atoms with van der Waals surface area (Å²) in [5, 5.41) is 3.87.